The minimum Gasteiger partial charge on any atom is -0.464 e. The molecule has 6 nitrogen and oxygen atoms in total. The molecule has 1 saturated carbocycles. The molecule has 3 aromatic rings. The highest BCUT2D eigenvalue weighted by atomic mass is 16.3. The Kier molecular flexibility index (Phi) is 4.18. The molecule has 0 bridgehead atoms. The molecule has 6 heteroatoms. The zero-order valence-electron chi connectivity index (χ0n) is 15.6. The van der Waals surface area contributed by atoms with E-state index in [0.29, 0.717) is 5.56 Å². The number of pyridine rings is 1. The highest BCUT2D eigenvalue weighted by molar-refractivity contribution is 5.96. The van der Waals surface area contributed by atoms with E-state index < -0.39 is 5.72 Å². The Labute approximate surface area is 163 Å². The number of carbonyl (C=O) groups excluding carboxylic acids is 1. The number of likely N-dealkylation sites (tertiary alicyclic amines) is 1. The molecule has 1 aromatic carbocycles. The van der Waals surface area contributed by atoms with Crippen molar-refractivity contribution in [2.24, 2.45) is 0 Å². The molecule has 0 spiro atoms. The minimum absolute atomic E-state index is 0.0513. The maximum Gasteiger partial charge on any atom is 0.251 e. The number of piperidine rings is 1. The van der Waals surface area contributed by atoms with Crippen molar-refractivity contribution in [1.82, 2.24) is 15.2 Å². The topological polar surface area (TPSA) is 78.6 Å². The summed E-state index contributed by atoms with van der Waals surface area (Å²) in [5.74, 6) is -0.0513. The maximum absolute atomic E-state index is 12.6. The first-order chi connectivity index (χ1) is 13.6. The number of rotatable bonds is 4. The molecular formula is C22H23N3O3. The predicted octanol–water partition coefficient (Wildman–Crippen LogP) is 3.17. The van der Waals surface area contributed by atoms with Crippen LogP contribution in [0.25, 0.3) is 22.2 Å². The number of fused-ring (bicyclic) bond motifs is 1. The third kappa shape index (κ3) is 3.19. The molecule has 1 aliphatic carbocycles. The highest BCUT2D eigenvalue weighted by Crippen LogP contribution is 2.40. The van der Waals surface area contributed by atoms with Crippen LogP contribution in [0.4, 0.5) is 0 Å². The van der Waals surface area contributed by atoms with Gasteiger partial charge in [-0.25, -0.2) is 0 Å². The fourth-order valence-corrected chi connectivity index (χ4v) is 4.04. The summed E-state index contributed by atoms with van der Waals surface area (Å²) < 4.78 is 5.44. The second-order valence-electron chi connectivity index (χ2n) is 7.79. The Bertz CT molecular complexity index is 999. The normalized spacial score (nSPS) is 19.6. The maximum atomic E-state index is 12.6. The van der Waals surface area contributed by atoms with Crippen LogP contribution in [-0.4, -0.2) is 45.8 Å². The molecule has 0 unspecified atom stereocenters. The third-order valence-electron chi connectivity index (χ3n) is 5.92. The fourth-order valence-electron chi connectivity index (χ4n) is 4.04. The van der Waals surface area contributed by atoms with Crippen molar-refractivity contribution < 1.29 is 14.3 Å². The van der Waals surface area contributed by atoms with Crippen molar-refractivity contribution >= 4 is 16.9 Å². The van der Waals surface area contributed by atoms with E-state index in [1.165, 1.54) is 0 Å². The number of furan rings is 1. The van der Waals surface area contributed by atoms with Crippen LogP contribution in [0.1, 0.15) is 36.0 Å². The number of hydrogen-bond acceptors (Lipinski definition) is 5. The predicted molar refractivity (Wildman–Crippen MR) is 106 cm³/mol. The minimum atomic E-state index is -0.559. The molecule has 1 saturated heterocycles. The Morgan fingerprint density at radius 2 is 1.89 bits per heavy atom. The van der Waals surface area contributed by atoms with Gasteiger partial charge in [-0.2, -0.15) is 0 Å². The summed E-state index contributed by atoms with van der Waals surface area (Å²) in [5, 5.41) is 14.3. The van der Waals surface area contributed by atoms with Gasteiger partial charge in [0.05, 0.1) is 12.0 Å². The van der Waals surface area contributed by atoms with Crippen LogP contribution in [-0.2, 0) is 0 Å². The zero-order chi connectivity index (χ0) is 19.1. The van der Waals surface area contributed by atoms with Gasteiger partial charge in [0.1, 0.15) is 11.3 Å². The van der Waals surface area contributed by atoms with Gasteiger partial charge in [0.15, 0.2) is 0 Å². The largest absolute Gasteiger partial charge is 0.464 e. The summed E-state index contributed by atoms with van der Waals surface area (Å²) in [6, 6.07) is 11.4. The second-order valence-corrected chi connectivity index (χ2v) is 7.79. The zero-order valence-corrected chi connectivity index (χ0v) is 15.6. The van der Waals surface area contributed by atoms with Gasteiger partial charge in [-0.3, -0.25) is 14.7 Å². The van der Waals surface area contributed by atoms with Crippen molar-refractivity contribution in [2.75, 3.05) is 13.1 Å². The Morgan fingerprint density at radius 1 is 1.14 bits per heavy atom. The van der Waals surface area contributed by atoms with E-state index in [9.17, 15) is 9.90 Å². The summed E-state index contributed by atoms with van der Waals surface area (Å²) in [4.78, 5) is 19.2. The molecule has 1 aliphatic heterocycles. The molecule has 0 atom stereocenters. The summed E-state index contributed by atoms with van der Waals surface area (Å²) in [6.07, 6.45) is 6.88. The molecule has 0 radical (unpaired) electrons. The molecule has 5 rings (SSSR count). The first-order valence-corrected chi connectivity index (χ1v) is 9.83. The van der Waals surface area contributed by atoms with Crippen molar-refractivity contribution in [3.63, 3.8) is 0 Å². The second kappa shape index (κ2) is 6.72. The standard InChI is InChI=1S/C22H23N3O3/c26-21(24-17-6-12-25(13-7-17)22(27)9-10-22)16-3-1-15(2-4-16)20-18-8-14-28-19(18)5-11-23-20/h1-5,8,11,14,17,27H,6-7,9-10,12-13H2,(H,24,26). The molecule has 3 heterocycles. The van der Waals surface area contributed by atoms with Gasteiger partial charge >= 0.3 is 0 Å². The Morgan fingerprint density at radius 3 is 2.61 bits per heavy atom. The summed E-state index contributed by atoms with van der Waals surface area (Å²) in [6.45, 7) is 1.67. The van der Waals surface area contributed by atoms with Crippen LogP contribution in [0, 0.1) is 0 Å². The lowest BCUT2D eigenvalue weighted by atomic mass is 10.0. The highest BCUT2D eigenvalue weighted by Gasteiger charge is 2.47. The van der Waals surface area contributed by atoms with Gasteiger partial charge in [0.2, 0.25) is 0 Å². The van der Waals surface area contributed by atoms with E-state index in [2.05, 4.69) is 15.2 Å². The molecule has 144 valence electrons. The number of hydrogen-bond donors (Lipinski definition) is 2. The van der Waals surface area contributed by atoms with Gasteiger partial charge in [0.25, 0.3) is 5.91 Å². The molecule has 28 heavy (non-hydrogen) atoms. The molecule has 2 aromatic heterocycles. The first kappa shape index (κ1) is 17.4. The van der Waals surface area contributed by atoms with Crippen molar-refractivity contribution in [3.8, 4) is 11.3 Å². The van der Waals surface area contributed by atoms with E-state index in [0.717, 1.165) is 61.0 Å². The average molecular weight is 377 g/mol. The monoisotopic (exact) mass is 377 g/mol. The van der Waals surface area contributed by atoms with Gasteiger partial charge in [0, 0.05) is 41.8 Å². The third-order valence-corrected chi connectivity index (χ3v) is 5.92. The van der Waals surface area contributed by atoms with Crippen molar-refractivity contribution in [3.05, 3.63) is 54.4 Å². The number of nitrogens with one attached hydrogen (secondary N) is 1. The fraction of sp³-hybridized carbons (Fsp3) is 0.364. The lowest BCUT2D eigenvalue weighted by Gasteiger charge is -2.35. The lowest BCUT2D eigenvalue weighted by Crippen LogP contribution is -2.49. The van der Waals surface area contributed by atoms with Crippen LogP contribution >= 0.6 is 0 Å². The van der Waals surface area contributed by atoms with E-state index in [-0.39, 0.29) is 11.9 Å². The molecule has 2 N–H and O–H groups in total. The average Bonchev–Trinajstić information content (AvgIpc) is 3.29. The quantitative estimate of drug-likeness (QED) is 0.730. The van der Waals surface area contributed by atoms with Crippen molar-refractivity contribution in [2.45, 2.75) is 37.5 Å². The number of carbonyl (C=O) groups is 1. The lowest BCUT2D eigenvalue weighted by molar-refractivity contribution is -0.0360. The van der Waals surface area contributed by atoms with Crippen molar-refractivity contribution in [1.29, 1.82) is 0 Å². The van der Waals surface area contributed by atoms with Crippen LogP contribution in [0.2, 0.25) is 0 Å². The van der Waals surface area contributed by atoms with E-state index in [1.807, 2.05) is 36.4 Å². The Balaban J connectivity index is 1.24. The number of aromatic nitrogens is 1. The first-order valence-electron chi connectivity index (χ1n) is 9.83. The van der Waals surface area contributed by atoms with E-state index >= 15 is 0 Å². The number of benzene rings is 1. The number of nitrogens with zero attached hydrogens (tertiary/aromatic N) is 2. The van der Waals surface area contributed by atoms with Gasteiger partial charge in [-0.1, -0.05) is 12.1 Å². The summed E-state index contributed by atoms with van der Waals surface area (Å²) in [5.41, 5.74) is 2.69. The molecule has 2 fully saturated rings. The SMILES string of the molecule is O=C(NC1CCN(C2(O)CC2)CC1)c1ccc(-c2nccc3occc23)cc1. The van der Waals surface area contributed by atoms with E-state index in [4.69, 9.17) is 4.42 Å². The smallest absolute Gasteiger partial charge is 0.251 e. The van der Waals surface area contributed by atoms with Gasteiger partial charge < -0.3 is 14.8 Å². The van der Waals surface area contributed by atoms with Crippen LogP contribution < -0.4 is 5.32 Å². The van der Waals surface area contributed by atoms with E-state index in [1.54, 1.807) is 12.5 Å². The number of aliphatic hydroxyl groups is 1. The van der Waals surface area contributed by atoms with Gasteiger partial charge in [-0.05, 0) is 49.9 Å². The molecule has 1 amide bonds. The van der Waals surface area contributed by atoms with Crippen LogP contribution in [0.15, 0.2) is 53.3 Å². The van der Waals surface area contributed by atoms with Gasteiger partial charge in [-0.15, -0.1) is 0 Å². The van der Waals surface area contributed by atoms with Crippen LogP contribution in [0.3, 0.4) is 0 Å². The number of amides is 1. The Hall–Kier alpha value is -2.70. The molecule has 2 aliphatic rings. The summed E-state index contributed by atoms with van der Waals surface area (Å²) in [7, 11) is 0. The van der Waals surface area contributed by atoms with Crippen LogP contribution in [0.5, 0.6) is 0 Å². The summed E-state index contributed by atoms with van der Waals surface area (Å²) >= 11 is 0. The molecular weight excluding hydrogens is 354 g/mol.